The molecule has 1 atom stereocenters. The first-order valence-corrected chi connectivity index (χ1v) is 10.7. The van der Waals surface area contributed by atoms with Gasteiger partial charge in [-0.1, -0.05) is 13.0 Å². The Hall–Kier alpha value is -1.99. The predicted molar refractivity (Wildman–Crippen MR) is 107 cm³/mol. The van der Waals surface area contributed by atoms with Crippen LogP contribution in [-0.2, 0) is 14.8 Å². The molecule has 0 aromatic heterocycles. The molecule has 1 amide bonds. The minimum atomic E-state index is -3.74. The Labute approximate surface area is 158 Å². The third-order valence-electron chi connectivity index (χ3n) is 4.44. The van der Waals surface area contributed by atoms with Crippen LogP contribution in [0.1, 0.15) is 25.0 Å². The van der Waals surface area contributed by atoms with Crippen LogP contribution in [0.5, 0.6) is 0 Å². The molecule has 2 aromatic carbocycles. The minimum Gasteiger partial charge on any atom is -0.310 e. The summed E-state index contributed by atoms with van der Waals surface area (Å²) >= 11 is 1.65. The van der Waals surface area contributed by atoms with E-state index in [1.807, 2.05) is 26.0 Å². The summed E-state index contributed by atoms with van der Waals surface area (Å²) in [7, 11) is -3.74. The van der Waals surface area contributed by atoms with Crippen molar-refractivity contribution in [2.75, 3.05) is 16.2 Å². The summed E-state index contributed by atoms with van der Waals surface area (Å²) < 4.78 is 28.2. The standard InChI is InChI=1S/C19H22N2O3S2/c1-12-5-6-16(9-13(12)2)20-26(23,24)17-7-8-19-18(10-17)21(15(4)22)11-14(3)25-19/h5-10,14,20H,11H2,1-4H3/t14-/m1/s1. The van der Waals surface area contributed by atoms with Crippen LogP contribution in [-0.4, -0.2) is 26.1 Å². The zero-order valence-corrected chi connectivity index (χ0v) is 16.9. The third kappa shape index (κ3) is 3.73. The smallest absolute Gasteiger partial charge is 0.261 e. The van der Waals surface area contributed by atoms with Gasteiger partial charge in [-0.15, -0.1) is 11.8 Å². The molecule has 0 spiro atoms. The normalized spacial score (nSPS) is 16.9. The molecule has 26 heavy (non-hydrogen) atoms. The highest BCUT2D eigenvalue weighted by molar-refractivity contribution is 8.00. The molecule has 0 fully saturated rings. The summed E-state index contributed by atoms with van der Waals surface area (Å²) in [6.45, 7) is 8.04. The SMILES string of the molecule is CC(=O)N1C[C@@H](C)Sc2ccc(S(=O)(=O)Nc3ccc(C)c(C)c3)cc21. The van der Waals surface area contributed by atoms with Crippen molar-refractivity contribution < 1.29 is 13.2 Å². The zero-order valence-electron chi connectivity index (χ0n) is 15.2. The molecule has 0 radical (unpaired) electrons. The maximum atomic E-state index is 12.8. The van der Waals surface area contributed by atoms with Crippen LogP contribution < -0.4 is 9.62 Å². The monoisotopic (exact) mass is 390 g/mol. The fourth-order valence-electron chi connectivity index (χ4n) is 2.90. The number of nitrogens with zero attached hydrogens (tertiary/aromatic N) is 1. The maximum Gasteiger partial charge on any atom is 0.261 e. The predicted octanol–water partition coefficient (Wildman–Crippen LogP) is 3.95. The molecular weight excluding hydrogens is 368 g/mol. The average Bonchev–Trinajstić information content (AvgIpc) is 2.56. The molecule has 1 N–H and O–H groups in total. The first-order valence-electron chi connectivity index (χ1n) is 8.36. The molecule has 3 rings (SSSR count). The number of carbonyl (C=O) groups excluding carboxylic acids is 1. The molecule has 7 heteroatoms. The van der Waals surface area contributed by atoms with Crippen LogP contribution in [0.25, 0.3) is 0 Å². The number of rotatable bonds is 3. The van der Waals surface area contributed by atoms with Gasteiger partial charge in [-0.25, -0.2) is 8.42 Å². The van der Waals surface area contributed by atoms with Crippen LogP contribution in [0.4, 0.5) is 11.4 Å². The summed E-state index contributed by atoms with van der Waals surface area (Å²) in [5.41, 5.74) is 3.30. The molecule has 0 saturated heterocycles. The van der Waals surface area contributed by atoms with Crippen LogP contribution in [0.2, 0.25) is 0 Å². The van der Waals surface area contributed by atoms with Crippen molar-refractivity contribution in [2.24, 2.45) is 0 Å². The van der Waals surface area contributed by atoms with Gasteiger partial charge in [-0.2, -0.15) is 0 Å². The summed E-state index contributed by atoms with van der Waals surface area (Å²) in [6.07, 6.45) is 0. The second-order valence-electron chi connectivity index (χ2n) is 6.59. The van der Waals surface area contributed by atoms with Gasteiger partial charge in [0.15, 0.2) is 0 Å². The summed E-state index contributed by atoms with van der Waals surface area (Å²) in [5, 5.41) is 0.266. The highest BCUT2D eigenvalue weighted by atomic mass is 32.2. The van der Waals surface area contributed by atoms with E-state index in [1.54, 1.807) is 40.9 Å². The number of sulfonamides is 1. The number of fused-ring (bicyclic) bond motifs is 1. The quantitative estimate of drug-likeness (QED) is 0.862. The van der Waals surface area contributed by atoms with E-state index in [1.165, 1.54) is 6.92 Å². The van der Waals surface area contributed by atoms with Crippen molar-refractivity contribution in [3.05, 3.63) is 47.5 Å². The molecule has 0 aliphatic carbocycles. The number of thioether (sulfide) groups is 1. The highest BCUT2D eigenvalue weighted by Gasteiger charge is 2.27. The first kappa shape index (κ1) is 18.8. The Morgan fingerprint density at radius 1 is 1.15 bits per heavy atom. The van der Waals surface area contributed by atoms with Crippen LogP contribution in [0, 0.1) is 13.8 Å². The molecule has 2 aromatic rings. The van der Waals surface area contributed by atoms with Crippen molar-refractivity contribution in [1.82, 2.24) is 0 Å². The van der Waals surface area contributed by atoms with Gasteiger partial charge in [0.05, 0.1) is 10.6 Å². The number of anilines is 2. The van der Waals surface area contributed by atoms with Crippen LogP contribution >= 0.6 is 11.8 Å². The van der Waals surface area contributed by atoms with Crippen molar-refractivity contribution >= 4 is 39.1 Å². The number of hydrogen-bond donors (Lipinski definition) is 1. The summed E-state index contributed by atoms with van der Waals surface area (Å²) in [5.74, 6) is -0.0879. The van der Waals surface area contributed by atoms with Crippen LogP contribution in [0.3, 0.4) is 0 Å². The fourth-order valence-corrected chi connectivity index (χ4v) is 5.06. The Balaban J connectivity index is 1.97. The molecule has 0 bridgehead atoms. The number of hydrogen-bond acceptors (Lipinski definition) is 4. The summed E-state index contributed by atoms with van der Waals surface area (Å²) in [4.78, 5) is 14.7. The zero-order chi connectivity index (χ0) is 19.1. The molecule has 1 aliphatic heterocycles. The number of amides is 1. The van der Waals surface area contributed by atoms with Crippen molar-refractivity contribution in [3.8, 4) is 0 Å². The van der Waals surface area contributed by atoms with Gasteiger partial charge >= 0.3 is 0 Å². The van der Waals surface area contributed by atoms with E-state index in [0.29, 0.717) is 17.9 Å². The van der Waals surface area contributed by atoms with Gasteiger partial charge in [0, 0.05) is 29.3 Å². The molecule has 138 valence electrons. The van der Waals surface area contributed by atoms with Crippen molar-refractivity contribution in [2.45, 2.75) is 42.7 Å². The lowest BCUT2D eigenvalue weighted by Crippen LogP contribution is -2.37. The lowest BCUT2D eigenvalue weighted by molar-refractivity contribution is -0.116. The Kier molecular flexibility index (Phi) is 5.03. The Bertz CT molecular complexity index is 971. The Morgan fingerprint density at radius 3 is 2.54 bits per heavy atom. The number of nitrogens with one attached hydrogen (secondary N) is 1. The second kappa shape index (κ2) is 6.96. The summed E-state index contributed by atoms with van der Waals surface area (Å²) in [6, 6.07) is 10.4. The van der Waals surface area contributed by atoms with Gasteiger partial charge in [0.25, 0.3) is 10.0 Å². The van der Waals surface area contributed by atoms with Crippen LogP contribution in [0.15, 0.2) is 46.2 Å². The third-order valence-corrected chi connectivity index (χ3v) is 6.97. The molecule has 0 saturated carbocycles. The van der Waals surface area contributed by atoms with Gasteiger partial charge in [-0.3, -0.25) is 9.52 Å². The molecule has 0 unspecified atom stereocenters. The molecular formula is C19H22N2O3S2. The van der Waals surface area contributed by atoms with E-state index in [4.69, 9.17) is 0 Å². The molecule has 1 heterocycles. The van der Waals surface area contributed by atoms with Crippen molar-refractivity contribution in [1.29, 1.82) is 0 Å². The largest absolute Gasteiger partial charge is 0.310 e. The van der Waals surface area contributed by atoms with Gasteiger partial charge in [0.1, 0.15) is 0 Å². The van der Waals surface area contributed by atoms with E-state index in [-0.39, 0.29) is 16.1 Å². The van der Waals surface area contributed by atoms with E-state index in [2.05, 4.69) is 11.6 Å². The van der Waals surface area contributed by atoms with Gasteiger partial charge < -0.3 is 4.90 Å². The first-order chi connectivity index (χ1) is 12.2. The van der Waals surface area contributed by atoms with Gasteiger partial charge in [-0.05, 0) is 55.3 Å². The average molecular weight is 391 g/mol. The van der Waals surface area contributed by atoms with E-state index >= 15 is 0 Å². The number of carbonyl (C=O) groups is 1. The minimum absolute atomic E-state index is 0.0879. The maximum absolute atomic E-state index is 12.8. The molecule has 5 nitrogen and oxygen atoms in total. The highest BCUT2D eigenvalue weighted by Crippen LogP contribution is 2.39. The molecule has 1 aliphatic rings. The Morgan fingerprint density at radius 2 is 1.88 bits per heavy atom. The lowest BCUT2D eigenvalue weighted by atomic mass is 10.1. The van der Waals surface area contributed by atoms with E-state index in [0.717, 1.165) is 16.0 Å². The number of benzene rings is 2. The second-order valence-corrected chi connectivity index (χ2v) is 9.75. The topological polar surface area (TPSA) is 66.5 Å². The van der Waals surface area contributed by atoms with Gasteiger partial charge in [0.2, 0.25) is 5.91 Å². The lowest BCUT2D eigenvalue weighted by Gasteiger charge is -2.32. The van der Waals surface area contributed by atoms with E-state index in [9.17, 15) is 13.2 Å². The fraction of sp³-hybridized carbons (Fsp3) is 0.316. The van der Waals surface area contributed by atoms with Crippen molar-refractivity contribution in [3.63, 3.8) is 0 Å². The number of aryl methyl sites for hydroxylation is 2. The van der Waals surface area contributed by atoms with E-state index < -0.39 is 10.0 Å².